The Kier molecular flexibility index (Phi) is 8.48. The number of allylic oxidation sites excluding steroid dienone is 1. The fourth-order valence-electron chi connectivity index (χ4n) is 4.35. The van der Waals surface area contributed by atoms with Crippen LogP contribution in [0.2, 0.25) is 0 Å². The molecule has 1 atom stereocenters. The van der Waals surface area contributed by atoms with Gasteiger partial charge < -0.3 is 18.9 Å². The quantitative estimate of drug-likeness (QED) is 0.307. The predicted octanol–water partition coefficient (Wildman–Crippen LogP) is 3.57. The summed E-state index contributed by atoms with van der Waals surface area (Å²) >= 11 is 1.26. The minimum atomic E-state index is -0.683. The summed E-state index contributed by atoms with van der Waals surface area (Å²) in [6.45, 7) is 6.38. The van der Waals surface area contributed by atoms with Gasteiger partial charge in [-0.05, 0) is 48.2 Å². The molecule has 1 aromatic heterocycles. The molecule has 3 aromatic rings. The van der Waals surface area contributed by atoms with E-state index in [4.69, 9.17) is 18.9 Å². The molecule has 0 amide bonds. The Morgan fingerprint density at radius 1 is 1.08 bits per heavy atom. The van der Waals surface area contributed by atoms with Crippen molar-refractivity contribution in [1.29, 1.82) is 0 Å². The second-order valence-electron chi connectivity index (χ2n) is 9.14. The van der Waals surface area contributed by atoms with E-state index < -0.39 is 12.0 Å². The van der Waals surface area contributed by atoms with Gasteiger partial charge in [-0.15, -0.1) is 0 Å². The number of methoxy groups -OCH3 is 3. The van der Waals surface area contributed by atoms with E-state index in [1.165, 1.54) is 11.3 Å². The van der Waals surface area contributed by atoms with Gasteiger partial charge in [0.25, 0.3) is 5.56 Å². The molecule has 1 aliphatic rings. The third-order valence-corrected chi connectivity index (χ3v) is 7.39. The van der Waals surface area contributed by atoms with E-state index in [1.807, 2.05) is 30.3 Å². The van der Waals surface area contributed by atoms with Crippen LogP contribution in [-0.4, -0.2) is 45.1 Å². The molecule has 2 heterocycles. The van der Waals surface area contributed by atoms with Crippen molar-refractivity contribution in [2.24, 2.45) is 4.99 Å². The summed E-state index contributed by atoms with van der Waals surface area (Å²) in [5.74, 6) is 1.07. The van der Waals surface area contributed by atoms with E-state index in [-0.39, 0.29) is 18.8 Å². The number of benzene rings is 2. The van der Waals surface area contributed by atoms with Gasteiger partial charge in [0.1, 0.15) is 18.1 Å². The molecule has 1 unspecified atom stereocenters. The molecule has 38 heavy (non-hydrogen) atoms. The van der Waals surface area contributed by atoms with E-state index in [0.717, 1.165) is 11.1 Å². The highest BCUT2D eigenvalue weighted by Gasteiger charge is 2.33. The van der Waals surface area contributed by atoms with Gasteiger partial charge in [0, 0.05) is 12.7 Å². The number of nitrogens with zero attached hydrogens (tertiary/aromatic N) is 2. The van der Waals surface area contributed by atoms with E-state index in [9.17, 15) is 9.59 Å². The first-order chi connectivity index (χ1) is 18.3. The average Bonchev–Trinajstić information content (AvgIpc) is 3.21. The number of esters is 1. The van der Waals surface area contributed by atoms with E-state index in [1.54, 1.807) is 51.0 Å². The lowest BCUT2D eigenvalue weighted by molar-refractivity contribution is -0.140. The second-order valence-corrected chi connectivity index (χ2v) is 10.1. The maximum absolute atomic E-state index is 13.9. The summed E-state index contributed by atoms with van der Waals surface area (Å²) in [5, 5.41) is 0. The topological polar surface area (TPSA) is 88.4 Å². The Labute approximate surface area is 225 Å². The molecular weight excluding hydrogens is 504 g/mol. The number of aromatic nitrogens is 1. The first-order valence-electron chi connectivity index (χ1n) is 12.3. The molecule has 1 aliphatic heterocycles. The van der Waals surface area contributed by atoms with Crippen LogP contribution in [-0.2, 0) is 14.3 Å². The monoisotopic (exact) mass is 536 g/mol. The zero-order valence-corrected chi connectivity index (χ0v) is 23.3. The molecule has 0 bridgehead atoms. The van der Waals surface area contributed by atoms with Crippen LogP contribution < -0.4 is 24.4 Å². The van der Waals surface area contributed by atoms with E-state index in [2.05, 4.69) is 18.8 Å². The Hall–Kier alpha value is -3.69. The highest BCUT2D eigenvalue weighted by molar-refractivity contribution is 7.07. The third kappa shape index (κ3) is 5.44. The van der Waals surface area contributed by atoms with Gasteiger partial charge in [0.15, 0.2) is 4.80 Å². The molecule has 0 saturated carbocycles. The maximum Gasteiger partial charge on any atom is 0.338 e. The Morgan fingerprint density at radius 2 is 1.82 bits per heavy atom. The zero-order valence-electron chi connectivity index (χ0n) is 22.4. The molecule has 9 heteroatoms. The molecule has 0 N–H and O–H groups in total. The SMILES string of the molecule is COCCOC(=O)C1=C(C)N=c2sc(=Cc3cc(OC)ccc3OC)c(=O)n2C1c1ccc(C(C)C)cc1. The van der Waals surface area contributed by atoms with E-state index >= 15 is 0 Å². The summed E-state index contributed by atoms with van der Waals surface area (Å²) in [7, 11) is 4.70. The highest BCUT2D eigenvalue weighted by Crippen LogP contribution is 2.32. The Balaban J connectivity index is 1.90. The normalized spacial score (nSPS) is 15.3. The van der Waals surface area contributed by atoms with E-state index in [0.29, 0.717) is 43.6 Å². The molecule has 0 radical (unpaired) electrons. The molecule has 0 spiro atoms. The van der Waals surface area contributed by atoms with Gasteiger partial charge in [0.2, 0.25) is 0 Å². The van der Waals surface area contributed by atoms with Crippen molar-refractivity contribution in [3.05, 3.63) is 90.1 Å². The van der Waals surface area contributed by atoms with Crippen molar-refractivity contribution in [3.8, 4) is 11.5 Å². The number of thiazole rings is 1. The number of hydrogen-bond donors (Lipinski definition) is 0. The van der Waals surface area contributed by atoms with Crippen molar-refractivity contribution in [3.63, 3.8) is 0 Å². The molecule has 0 fully saturated rings. The van der Waals surface area contributed by atoms with Crippen molar-refractivity contribution < 1.29 is 23.7 Å². The number of rotatable bonds is 9. The summed E-state index contributed by atoms with van der Waals surface area (Å²) in [6.07, 6.45) is 1.76. The lowest BCUT2D eigenvalue weighted by Crippen LogP contribution is -2.40. The fraction of sp³-hybridized carbons (Fsp3) is 0.345. The lowest BCUT2D eigenvalue weighted by Gasteiger charge is -2.25. The highest BCUT2D eigenvalue weighted by atomic mass is 32.1. The minimum Gasteiger partial charge on any atom is -0.497 e. The maximum atomic E-state index is 13.9. The van der Waals surface area contributed by atoms with Gasteiger partial charge in [-0.25, -0.2) is 9.79 Å². The fourth-order valence-corrected chi connectivity index (χ4v) is 5.39. The zero-order chi connectivity index (χ0) is 27.4. The van der Waals surface area contributed by atoms with Gasteiger partial charge >= 0.3 is 5.97 Å². The molecule has 2 aromatic carbocycles. The number of fused-ring (bicyclic) bond motifs is 1. The average molecular weight is 537 g/mol. The molecule has 200 valence electrons. The largest absolute Gasteiger partial charge is 0.497 e. The molecule has 0 saturated heterocycles. The molecule has 4 rings (SSSR count). The van der Waals surface area contributed by atoms with Crippen LogP contribution in [0.25, 0.3) is 6.08 Å². The van der Waals surface area contributed by atoms with Crippen LogP contribution in [0.1, 0.15) is 49.4 Å². The Morgan fingerprint density at radius 3 is 2.45 bits per heavy atom. The lowest BCUT2D eigenvalue weighted by atomic mass is 9.93. The van der Waals surface area contributed by atoms with Crippen LogP contribution in [0, 0.1) is 0 Å². The molecule has 8 nitrogen and oxygen atoms in total. The van der Waals surface area contributed by atoms with Crippen LogP contribution in [0.15, 0.2) is 63.5 Å². The summed E-state index contributed by atoms with van der Waals surface area (Å²) in [6, 6.07) is 12.7. The number of hydrogen-bond acceptors (Lipinski definition) is 8. The van der Waals surface area contributed by atoms with Crippen LogP contribution in [0.4, 0.5) is 0 Å². The minimum absolute atomic E-state index is 0.102. The molecular formula is C29H32N2O6S. The molecule has 0 aliphatic carbocycles. The van der Waals surface area contributed by atoms with Crippen molar-refractivity contribution in [1.82, 2.24) is 4.57 Å². The van der Waals surface area contributed by atoms with Crippen molar-refractivity contribution in [2.45, 2.75) is 32.7 Å². The standard InChI is InChI=1S/C29H32N2O6S/c1-17(2)19-7-9-20(10-8-19)26-25(28(33)37-14-13-34-4)18(3)30-29-31(26)27(32)24(38-29)16-21-15-22(35-5)11-12-23(21)36-6/h7-12,15-17,26H,13-14H2,1-6H3. The Bertz CT molecular complexity index is 1530. The van der Waals surface area contributed by atoms with Crippen LogP contribution >= 0.6 is 11.3 Å². The van der Waals surface area contributed by atoms with Gasteiger partial charge in [-0.3, -0.25) is 9.36 Å². The van der Waals surface area contributed by atoms with Crippen molar-refractivity contribution >= 4 is 23.4 Å². The second kappa shape index (κ2) is 11.8. The first-order valence-corrected chi connectivity index (χ1v) is 13.1. The summed E-state index contributed by atoms with van der Waals surface area (Å²) in [5.41, 5.74) is 3.25. The number of carbonyl (C=O) groups excluding carboxylic acids is 1. The number of ether oxygens (including phenoxy) is 4. The van der Waals surface area contributed by atoms with Crippen LogP contribution in [0.5, 0.6) is 11.5 Å². The van der Waals surface area contributed by atoms with Gasteiger partial charge in [0.05, 0.1) is 42.7 Å². The van der Waals surface area contributed by atoms with Crippen LogP contribution in [0.3, 0.4) is 0 Å². The smallest absolute Gasteiger partial charge is 0.338 e. The number of carbonyl (C=O) groups is 1. The first kappa shape index (κ1) is 27.3. The van der Waals surface area contributed by atoms with Gasteiger partial charge in [-0.1, -0.05) is 49.4 Å². The van der Waals surface area contributed by atoms with Gasteiger partial charge in [-0.2, -0.15) is 0 Å². The third-order valence-electron chi connectivity index (χ3n) is 6.40. The summed E-state index contributed by atoms with van der Waals surface area (Å²) < 4.78 is 23.4. The summed E-state index contributed by atoms with van der Waals surface area (Å²) in [4.78, 5) is 32.3. The van der Waals surface area contributed by atoms with Crippen molar-refractivity contribution in [2.75, 3.05) is 34.5 Å². The predicted molar refractivity (Wildman–Crippen MR) is 147 cm³/mol.